The van der Waals surface area contributed by atoms with E-state index in [0.29, 0.717) is 35.3 Å². The van der Waals surface area contributed by atoms with Crippen LogP contribution in [0.15, 0.2) is 33.8 Å². The van der Waals surface area contributed by atoms with Crippen LogP contribution >= 0.6 is 34.4 Å². The third kappa shape index (κ3) is 4.84. The maximum Gasteiger partial charge on any atom is 0.410 e. The second-order valence-electron chi connectivity index (χ2n) is 10.8. The number of ether oxygens (including phenoxy) is 1. The minimum atomic E-state index is -0.131. The summed E-state index contributed by atoms with van der Waals surface area (Å²) in [6.45, 7) is 10.6. The number of fused-ring (bicyclic) bond motifs is 4. The number of aliphatic imine (C=N–C) groups is 1. The fourth-order valence-corrected chi connectivity index (χ4v) is 8.23. The highest BCUT2D eigenvalue weighted by Gasteiger charge is 2.50. The molecule has 200 valence electrons. The third-order valence-electron chi connectivity index (χ3n) is 8.95. The SMILES string of the molecule is C=N/C(C)=C(\SC)C(=O)N1CC2(CCN(C3CC4CCC(C3)N4C(=O)OCC)CC2)c2cc(I)ccc21. The molecule has 3 fully saturated rings. The number of carbonyl (C=O) groups is 2. The number of rotatable bonds is 5. The molecule has 0 N–H and O–H groups in total. The van der Waals surface area contributed by atoms with Crippen LogP contribution in [0.2, 0.25) is 0 Å². The molecule has 37 heavy (non-hydrogen) atoms. The van der Waals surface area contributed by atoms with Gasteiger partial charge in [-0.15, -0.1) is 11.8 Å². The van der Waals surface area contributed by atoms with Crippen LogP contribution in [0.4, 0.5) is 10.5 Å². The second kappa shape index (κ2) is 10.9. The summed E-state index contributed by atoms with van der Waals surface area (Å²) < 4.78 is 6.56. The van der Waals surface area contributed by atoms with Crippen molar-refractivity contribution in [3.8, 4) is 0 Å². The van der Waals surface area contributed by atoms with Crippen molar-refractivity contribution >= 4 is 58.8 Å². The molecule has 3 saturated heterocycles. The van der Waals surface area contributed by atoms with Crippen molar-refractivity contribution in [2.75, 3.05) is 37.4 Å². The molecule has 2 bridgehead atoms. The van der Waals surface area contributed by atoms with Gasteiger partial charge >= 0.3 is 6.09 Å². The molecule has 1 aromatic carbocycles. The lowest BCUT2D eigenvalue weighted by atomic mass is 9.73. The van der Waals surface area contributed by atoms with Gasteiger partial charge in [0.15, 0.2) is 0 Å². The minimum Gasteiger partial charge on any atom is -0.450 e. The lowest BCUT2D eigenvalue weighted by molar-refractivity contribution is -0.114. The van der Waals surface area contributed by atoms with Gasteiger partial charge in [0.2, 0.25) is 0 Å². The van der Waals surface area contributed by atoms with E-state index < -0.39 is 0 Å². The van der Waals surface area contributed by atoms with E-state index >= 15 is 0 Å². The highest BCUT2D eigenvalue weighted by molar-refractivity contribution is 14.1. The van der Waals surface area contributed by atoms with Crippen molar-refractivity contribution in [3.63, 3.8) is 0 Å². The van der Waals surface area contributed by atoms with E-state index in [9.17, 15) is 9.59 Å². The van der Waals surface area contributed by atoms with Crippen molar-refractivity contribution < 1.29 is 14.3 Å². The van der Waals surface area contributed by atoms with E-state index in [1.807, 2.05) is 29.9 Å². The number of benzene rings is 1. The van der Waals surface area contributed by atoms with Gasteiger partial charge in [0, 0.05) is 39.3 Å². The van der Waals surface area contributed by atoms with Crippen LogP contribution in [0.25, 0.3) is 0 Å². The second-order valence-corrected chi connectivity index (χ2v) is 12.8. The zero-order chi connectivity index (χ0) is 26.3. The number of likely N-dealkylation sites (tertiary alicyclic amines) is 1. The van der Waals surface area contributed by atoms with E-state index in [-0.39, 0.29) is 17.4 Å². The average molecular weight is 637 g/mol. The van der Waals surface area contributed by atoms with Gasteiger partial charge in [-0.25, -0.2) is 4.79 Å². The third-order valence-corrected chi connectivity index (χ3v) is 10.5. The number of amides is 2. The zero-order valence-corrected chi connectivity index (χ0v) is 25.0. The maximum atomic E-state index is 13.7. The number of hydrogen-bond donors (Lipinski definition) is 0. The van der Waals surface area contributed by atoms with E-state index in [2.05, 4.69) is 57.4 Å². The molecule has 4 heterocycles. The number of anilines is 1. The van der Waals surface area contributed by atoms with Crippen LogP contribution < -0.4 is 4.90 Å². The summed E-state index contributed by atoms with van der Waals surface area (Å²) in [5.74, 6) is 0.0297. The predicted molar refractivity (Wildman–Crippen MR) is 158 cm³/mol. The topological polar surface area (TPSA) is 65.5 Å². The summed E-state index contributed by atoms with van der Waals surface area (Å²) in [6.07, 6.45) is 8.13. The van der Waals surface area contributed by atoms with E-state index in [1.165, 1.54) is 20.9 Å². The number of piperidine rings is 2. The van der Waals surface area contributed by atoms with Crippen molar-refractivity contribution in [2.45, 2.75) is 75.9 Å². The molecule has 4 aliphatic heterocycles. The van der Waals surface area contributed by atoms with Gasteiger partial charge in [-0.2, -0.15) is 0 Å². The maximum absolute atomic E-state index is 13.7. The van der Waals surface area contributed by atoms with Crippen molar-refractivity contribution in [1.82, 2.24) is 9.80 Å². The van der Waals surface area contributed by atoms with Crippen LogP contribution in [0.5, 0.6) is 0 Å². The predicted octanol–water partition coefficient (Wildman–Crippen LogP) is 5.42. The van der Waals surface area contributed by atoms with Gasteiger partial charge in [-0.05, 0) is 125 Å². The minimum absolute atomic E-state index is 0.0215. The largest absolute Gasteiger partial charge is 0.450 e. The zero-order valence-electron chi connectivity index (χ0n) is 22.0. The number of thioether (sulfide) groups is 1. The van der Waals surface area contributed by atoms with Crippen LogP contribution in [-0.2, 0) is 14.9 Å². The Balaban J connectivity index is 1.32. The summed E-state index contributed by atoms with van der Waals surface area (Å²) in [4.78, 5) is 37.6. The standard InChI is InChI=1S/C28H37IN4O3S/c1-5-36-27(35)33-20-7-8-21(33)16-22(15-20)31-12-10-28(11-13-31)17-32(24-9-6-19(29)14-23(24)28)26(34)25(37-4)18(2)30-3/h6,9,14,20-22H,3,5,7-8,10-13,15-17H2,1-2,4H3/b25-18-. The highest BCUT2D eigenvalue weighted by atomic mass is 127. The summed E-state index contributed by atoms with van der Waals surface area (Å²) >= 11 is 3.83. The van der Waals surface area contributed by atoms with Crippen LogP contribution in [0.1, 0.15) is 57.9 Å². The smallest absolute Gasteiger partial charge is 0.410 e. The van der Waals surface area contributed by atoms with Gasteiger partial charge in [-0.3, -0.25) is 9.79 Å². The molecule has 0 aromatic heterocycles. The Morgan fingerprint density at radius 2 is 1.86 bits per heavy atom. The first kappa shape index (κ1) is 27.0. The van der Waals surface area contributed by atoms with Crippen LogP contribution in [0.3, 0.4) is 0 Å². The number of nitrogens with zero attached hydrogens (tertiary/aromatic N) is 4. The Morgan fingerprint density at radius 3 is 2.46 bits per heavy atom. The number of halogens is 1. The Labute approximate surface area is 238 Å². The van der Waals surface area contributed by atoms with Gasteiger partial charge in [0.05, 0.1) is 17.2 Å². The van der Waals surface area contributed by atoms with Crippen molar-refractivity contribution in [2.24, 2.45) is 4.99 Å². The van der Waals surface area contributed by atoms with Gasteiger partial charge in [0.25, 0.3) is 5.91 Å². The molecule has 1 aromatic rings. The molecule has 7 nitrogen and oxygen atoms in total. The summed E-state index contributed by atoms with van der Waals surface area (Å²) in [5.41, 5.74) is 3.02. The first-order valence-corrected chi connectivity index (χ1v) is 15.6. The normalized spacial score (nSPS) is 27.2. The average Bonchev–Trinajstić information content (AvgIpc) is 3.35. The van der Waals surface area contributed by atoms with Crippen LogP contribution in [0, 0.1) is 3.57 Å². The fourth-order valence-electron chi connectivity index (χ4n) is 7.09. The molecule has 5 rings (SSSR count). The Kier molecular flexibility index (Phi) is 7.94. The summed E-state index contributed by atoms with van der Waals surface area (Å²) in [6, 6.07) is 7.63. The highest BCUT2D eigenvalue weighted by Crippen LogP contribution is 2.49. The Bertz CT molecular complexity index is 1100. The molecule has 2 amide bonds. The van der Waals surface area contributed by atoms with E-state index in [1.54, 1.807) is 0 Å². The summed E-state index contributed by atoms with van der Waals surface area (Å²) in [5, 5.41) is 0. The molecule has 0 radical (unpaired) electrons. The van der Waals surface area contributed by atoms with Crippen molar-refractivity contribution in [3.05, 3.63) is 37.9 Å². The molecule has 2 unspecified atom stereocenters. The van der Waals surface area contributed by atoms with Crippen molar-refractivity contribution in [1.29, 1.82) is 0 Å². The first-order chi connectivity index (χ1) is 17.8. The summed E-state index contributed by atoms with van der Waals surface area (Å²) in [7, 11) is 0. The molecular weight excluding hydrogens is 599 g/mol. The monoisotopic (exact) mass is 636 g/mol. The lowest BCUT2D eigenvalue weighted by Crippen LogP contribution is -2.55. The molecule has 4 aliphatic rings. The van der Waals surface area contributed by atoms with Gasteiger partial charge in [0.1, 0.15) is 0 Å². The van der Waals surface area contributed by atoms with Gasteiger partial charge < -0.3 is 19.4 Å². The molecule has 0 aliphatic carbocycles. The molecule has 0 saturated carbocycles. The number of carbonyl (C=O) groups excluding carboxylic acids is 2. The molecule has 9 heteroatoms. The quantitative estimate of drug-likeness (QED) is 0.246. The molecular formula is C28H37IN4O3S. The first-order valence-electron chi connectivity index (χ1n) is 13.3. The van der Waals surface area contributed by atoms with Crippen LogP contribution in [-0.4, -0.2) is 79.1 Å². The van der Waals surface area contributed by atoms with Gasteiger partial charge in [-0.1, -0.05) is 0 Å². The van der Waals surface area contributed by atoms with E-state index in [0.717, 1.165) is 63.8 Å². The Hall–Kier alpha value is -1.59. The fraction of sp³-hybridized carbons (Fsp3) is 0.607. The Morgan fingerprint density at radius 1 is 1.19 bits per heavy atom. The van der Waals surface area contributed by atoms with E-state index in [4.69, 9.17) is 4.74 Å². The number of allylic oxidation sites excluding steroid dienone is 1. The number of hydrogen-bond acceptors (Lipinski definition) is 6. The lowest BCUT2D eigenvalue weighted by Gasteiger charge is -2.47. The molecule has 1 spiro atoms. The molecule has 2 atom stereocenters.